The van der Waals surface area contributed by atoms with Gasteiger partial charge in [-0.3, -0.25) is 14.4 Å². The third kappa shape index (κ3) is 7.20. The molecule has 1 aromatic carbocycles. The summed E-state index contributed by atoms with van der Waals surface area (Å²) in [4.78, 5) is 44.9. The fourth-order valence-electron chi connectivity index (χ4n) is 3.33. The maximum atomic E-state index is 13.0. The van der Waals surface area contributed by atoms with Gasteiger partial charge in [0.2, 0.25) is 17.7 Å². The highest BCUT2D eigenvalue weighted by atomic mass is 19.4. The van der Waals surface area contributed by atoms with Gasteiger partial charge in [0, 0.05) is 38.2 Å². The summed E-state index contributed by atoms with van der Waals surface area (Å²) < 4.78 is 47.3. The normalized spacial score (nSPS) is 14.9. The molecule has 184 valence electrons. The van der Waals surface area contributed by atoms with E-state index in [0.29, 0.717) is 26.3 Å². The molecule has 3 amide bonds. The summed E-state index contributed by atoms with van der Waals surface area (Å²) >= 11 is 0. The first-order valence-electron chi connectivity index (χ1n) is 10.4. The Morgan fingerprint density at radius 2 is 1.88 bits per heavy atom. The molecule has 1 saturated heterocycles. The van der Waals surface area contributed by atoms with Crippen molar-refractivity contribution in [1.82, 2.24) is 19.4 Å². The van der Waals surface area contributed by atoms with Crippen LogP contribution >= 0.6 is 0 Å². The van der Waals surface area contributed by atoms with Gasteiger partial charge in [0.15, 0.2) is 0 Å². The Hall–Kier alpha value is -3.61. The van der Waals surface area contributed by atoms with Crippen LogP contribution < -0.4 is 10.1 Å². The summed E-state index contributed by atoms with van der Waals surface area (Å²) in [6.45, 7) is 1.36. The zero-order valence-electron chi connectivity index (χ0n) is 18.3. The monoisotopic (exact) mass is 483 g/mol. The third-order valence-corrected chi connectivity index (χ3v) is 5.04. The van der Waals surface area contributed by atoms with Crippen LogP contribution in [0.5, 0.6) is 5.75 Å². The Kier molecular flexibility index (Phi) is 8.10. The highest BCUT2D eigenvalue weighted by molar-refractivity contribution is 5.95. The van der Waals surface area contributed by atoms with Crippen LogP contribution in [0.15, 0.2) is 43.0 Å². The van der Waals surface area contributed by atoms with E-state index in [1.807, 2.05) is 0 Å². The second-order valence-electron chi connectivity index (χ2n) is 7.54. The van der Waals surface area contributed by atoms with Crippen LogP contribution in [-0.2, 0) is 19.1 Å². The first-order chi connectivity index (χ1) is 16.1. The molecule has 1 aliphatic heterocycles. The van der Waals surface area contributed by atoms with E-state index in [2.05, 4.69) is 15.0 Å². The number of imidazole rings is 1. The highest BCUT2D eigenvalue weighted by Gasteiger charge is 2.31. The van der Waals surface area contributed by atoms with Gasteiger partial charge in [-0.05, 0) is 24.3 Å². The zero-order chi connectivity index (χ0) is 24.7. The van der Waals surface area contributed by atoms with Crippen molar-refractivity contribution < 1.29 is 37.0 Å². The molecule has 1 unspecified atom stereocenters. The summed E-state index contributed by atoms with van der Waals surface area (Å²) in [6, 6.07) is 3.80. The SMILES string of the molecule is CN(CC(=O)Nc1ccc(OC(F)(F)F)cc1)C(=O)CC(C(=O)N1CCOCC1)n1ccnc1. The Morgan fingerprint density at radius 1 is 1.21 bits per heavy atom. The van der Waals surface area contributed by atoms with E-state index >= 15 is 0 Å². The molecule has 2 aromatic rings. The number of benzene rings is 1. The average molecular weight is 483 g/mol. The topological polar surface area (TPSA) is 106 Å². The summed E-state index contributed by atoms with van der Waals surface area (Å²) in [5.74, 6) is -1.66. The number of amides is 3. The number of hydrogen-bond acceptors (Lipinski definition) is 6. The van der Waals surface area contributed by atoms with Gasteiger partial charge in [-0.1, -0.05) is 0 Å². The van der Waals surface area contributed by atoms with E-state index in [4.69, 9.17) is 4.74 Å². The van der Waals surface area contributed by atoms with Gasteiger partial charge in [0.1, 0.15) is 11.8 Å². The van der Waals surface area contributed by atoms with E-state index < -0.39 is 30.0 Å². The first-order valence-corrected chi connectivity index (χ1v) is 10.4. The number of likely N-dealkylation sites (N-methyl/N-ethyl adjacent to an activating group) is 1. The first kappa shape index (κ1) is 25.0. The minimum atomic E-state index is -4.81. The second-order valence-corrected chi connectivity index (χ2v) is 7.54. The lowest BCUT2D eigenvalue weighted by Gasteiger charge is -2.31. The standard InChI is InChI=1S/C21H24F3N5O5/c1-27(13-18(30)26-15-2-4-16(5-3-15)34-21(22,23)24)19(31)12-17(29-7-6-25-14-29)20(32)28-8-10-33-11-9-28/h2-7,14,17H,8-13H2,1H3,(H,26,30). The van der Waals surface area contributed by atoms with Gasteiger partial charge < -0.3 is 29.2 Å². The molecule has 1 aromatic heterocycles. The zero-order valence-corrected chi connectivity index (χ0v) is 18.3. The maximum Gasteiger partial charge on any atom is 0.573 e. The van der Waals surface area contributed by atoms with Crippen molar-refractivity contribution in [3.05, 3.63) is 43.0 Å². The molecule has 0 spiro atoms. The van der Waals surface area contributed by atoms with Gasteiger partial charge in [-0.2, -0.15) is 0 Å². The Morgan fingerprint density at radius 3 is 2.47 bits per heavy atom. The van der Waals surface area contributed by atoms with Gasteiger partial charge in [-0.15, -0.1) is 13.2 Å². The number of carbonyl (C=O) groups is 3. The maximum absolute atomic E-state index is 13.0. The molecule has 0 aliphatic carbocycles. The van der Waals surface area contributed by atoms with Crippen LogP contribution in [0.4, 0.5) is 18.9 Å². The van der Waals surface area contributed by atoms with Crippen molar-refractivity contribution in [3.8, 4) is 5.75 Å². The molecular formula is C21H24F3N5O5. The fraction of sp³-hybridized carbons (Fsp3) is 0.429. The van der Waals surface area contributed by atoms with E-state index in [1.165, 1.54) is 36.6 Å². The number of halogens is 3. The number of aromatic nitrogens is 2. The van der Waals surface area contributed by atoms with Crippen LogP contribution in [0.3, 0.4) is 0 Å². The number of carbonyl (C=O) groups excluding carboxylic acids is 3. The van der Waals surface area contributed by atoms with Crippen molar-refractivity contribution in [2.24, 2.45) is 0 Å². The van der Waals surface area contributed by atoms with Crippen LogP contribution in [0, 0.1) is 0 Å². The van der Waals surface area contributed by atoms with Gasteiger partial charge in [-0.25, -0.2) is 4.98 Å². The third-order valence-electron chi connectivity index (χ3n) is 5.04. The number of nitrogens with one attached hydrogen (secondary N) is 1. The van der Waals surface area contributed by atoms with E-state index in [0.717, 1.165) is 12.1 Å². The summed E-state index contributed by atoms with van der Waals surface area (Å²) in [7, 11) is 1.42. The largest absolute Gasteiger partial charge is 0.573 e. The molecule has 0 radical (unpaired) electrons. The molecule has 10 nitrogen and oxygen atoms in total. The van der Waals surface area contributed by atoms with Gasteiger partial charge in [0.25, 0.3) is 0 Å². The number of nitrogens with zero attached hydrogens (tertiary/aromatic N) is 4. The molecule has 34 heavy (non-hydrogen) atoms. The predicted octanol–water partition coefficient (Wildman–Crippen LogP) is 1.67. The molecule has 13 heteroatoms. The van der Waals surface area contributed by atoms with Gasteiger partial charge >= 0.3 is 6.36 Å². The number of hydrogen-bond donors (Lipinski definition) is 1. The van der Waals surface area contributed by atoms with Crippen LogP contribution in [0.1, 0.15) is 12.5 Å². The summed E-state index contributed by atoms with van der Waals surface area (Å²) in [5.41, 5.74) is 0.235. The molecule has 0 bridgehead atoms. The molecule has 1 aliphatic rings. The minimum absolute atomic E-state index is 0.181. The molecule has 0 saturated carbocycles. The quantitative estimate of drug-likeness (QED) is 0.613. The van der Waals surface area contributed by atoms with E-state index in [1.54, 1.807) is 15.7 Å². The van der Waals surface area contributed by atoms with E-state index in [-0.39, 0.29) is 24.6 Å². The molecular weight excluding hydrogens is 459 g/mol. The smallest absolute Gasteiger partial charge is 0.406 e. The number of ether oxygens (including phenoxy) is 2. The number of anilines is 1. The van der Waals surface area contributed by atoms with Crippen LogP contribution in [-0.4, -0.2) is 83.3 Å². The predicted molar refractivity (Wildman–Crippen MR) is 113 cm³/mol. The summed E-state index contributed by atoms with van der Waals surface area (Å²) in [6.07, 6.45) is -0.442. The van der Waals surface area contributed by atoms with Crippen LogP contribution in [0.25, 0.3) is 0 Å². The lowest BCUT2D eigenvalue weighted by Crippen LogP contribution is -2.45. The van der Waals surface area contributed by atoms with Crippen molar-refractivity contribution in [2.45, 2.75) is 18.8 Å². The van der Waals surface area contributed by atoms with Gasteiger partial charge in [0.05, 0.1) is 32.5 Å². The molecule has 1 fully saturated rings. The Bertz CT molecular complexity index is 976. The van der Waals surface area contributed by atoms with Crippen molar-refractivity contribution in [2.75, 3.05) is 45.2 Å². The van der Waals surface area contributed by atoms with Crippen molar-refractivity contribution in [1.29, 1.82) is 0 Å². The molecule has 1 N–H and O–H groups in total. The highest BCUT2D eigenvalue weighted by Crippen LogP contribution is 2.24. The minimum Gasteiger partial charge on any atom is -0.406 e. The fourth-order valence-corrected chi connectivity index (χ4v) is 3.33. The number of morpholine rings is 1. The molecule has 2 heterocycles. The van der Waals surface area contributed by atoms with E-state index in [9.17, 15) is 27.6 Å². The summed E-state index contributed by atoms with van der Waals surface area (Å²) in [5, 5.41) is 2.50. The van der Waals surface area contributed by atoms with Crippen molar-refractivity contribution in [3.63, 3.8) is 0 Å². The number of rotatable bonds is 8. The molecule has 1 atom stereocenters. The Labute approximate surface area is 193 Å². The second kappa shape index (κ2) is 11.0. The van der Waals surface area contributed by atoms with Crippen LogP contribution in [0.2, 0.25) is 0 Å². The van der Waals surface area contributed by atoms with Crippen molar-refractivity contribution >= 4 is 23.4 Å². The lowest BCUT2D eigenvalue weighted by atomic mass is 10.1. The lowest BCUT2D eigenvalue weighted by molar-refractivity contribution is -0.274. The Balaban J connectivity index is 1.56. The number of alkyl halides is 3. The average Bonchev–Trinajstić information content (AvgIpc) is 3.32. The molecule has 3 rings (SSSR count).